The Morgan fingerprint density at radius 3 is 1.89 bits per heavy atom. The zero-order valence-electron chi connectivity index (χ0n) is 11.1. The molecule has 0 bridgehead atoms. The quantitative estimate of drug-likeness (QED) is 0.324. The van der Waals surface area contributed by atoms with Gasteiger partial charge in [-0.2, -0.15) is 13.2 Å². The van der Waals surface area contributed by atoms with E-state index in [9.17, 15) is 18.0 Å². The third-order valence-corrected chi connectivity index (χ3v) is 3.26. The summed E-state index contributed by atoms with van der Waals surface area (Å²) in [6.45, 7) is 2.16. The smallest absolute Gasteiger partial charge is 0.485 e. The predicted molar refractivity (Wildman–Crippen MR) is 69.0 cm³/mol. The van der Waals surface area contributed by atoms with E-state index in [-0.39, 0.29) is 0 Å². The molecular formula is C10H19F3O4S2. The second-order valence-corrected chi connectivity index (χ2v) is 7.66. The Morgan fingerprint density at radius 2 is 1.63 bits per heavy atom. The van der Waals surface area contributed by atoms with Crippen LogP contribution in [0.3, 0.4) is 0 Å². The maximum atomic E-state index is 11.1. The first kappa shape index (κ1) is 21.0. The Kier molecular flexibility index (Phi) is 10.6. The molecule has 0 aromatic carbocycles. The molecule has 4 nitrogen and oxygen atoms in total. The van der Waals surface area contributed by atoms with E-state index in [1.54, 1.807) is 0 Å². The van der Waals surface area contributed by atoms with Crippen LogP contribution in [-0.2, 0) is 25.8 Å². The molecule has 9 heteroatoms. The minimum atomic E-state index is -6.09. The molecule has 0 aliphatic carbocycles. The lowest BCUT2D eigenvalue weighted by Gasteiger charge is -2.08. The van der Waals surface area contributed by atoms with Gasteiger partial charge in [-0.1, -0.05) is 19.8 Å². The molecule has 0 saturated heterocycles. The molecule has 0 heterocycles. The highest BCUT2D eigenvalue weighted by Gasteiger charge is 2.36. The summed E-state index contributed by atoms with van der Waals surface area (Å²) in [5, 5.41) is 0. The summed E-state index contributed by atoms with van der Waals surface area (Å²) >= 11 is 0. The molecular weight excluding hydrogens is 305 g/mol. The number of hydrogen-bond donors (Lipinski definition) is 0. The topological polar surface area (TPSA) is 74.3 Å². The molecule has 0 aliphatic heterocycles. The molecule has 19 heavy (non-hydrogen) atoms. The molecule has 0 unspecified atom stereocenters. The van der Waals surface area contributed by atoms with Crippen LogP contribution in [-0.4, -0.2) is 42.5 Å². The van der Waals surface area contributed by atoms with Crippen LogP contribution in [0.4, 0.5) is 13.2 Å². The molecule has 0 atom stereocenters. The van der Waals surface area contributed by atoms with Crippen LogP contribution >= 0.6 is 0 Å². The Bertz CT molecular complexity index is 350. The number of carbonyl (C=O) groups is 1. The lowest BCUT2D eigenvalue weighted by atomic mass is 10.2. The van der Waals surface area contributed by atoms with Gasteiger partial charge >= 0.3 is 5.51 Å². The molecule has 0 saturated carbocycles. The first-order chi connectivity index (χ1) is 8.41. The first-order valence-electron chi connectivity index (χ1n) is 5.49. The summed E-state index contributed by atoms with van der Waals surface area (Å²) in [7, 11) is -5.79. The van der Waals surface area contributed by atoms with Crippen molar-refractivity contribution < 1.29 is 30.9 Å². The van der Waals surface area contributed by atoms with Gasteiger partial charge < -0.3 is 4.55 Å². The SMILES string of the molecule is CCCCCC(=O)C[S+](C)C.O=S(=O)([O-])C(F)(F)F. The maximum absolute atomic E-state index is 11.1. The number of rotatable bonds is 6. The normalized spacial score (nSPS) is 12.0. The van der Waals surface area contributed by atoms with E-state index in [1.165, 1.54) is 12.8 Å². The lowest BCUT2D eigenvalue weighted by molar-refractivity contribution is -0.116. The largest absolute Gasteiger partial charge is 0.741 e. The van der Waals surface area contributed by atoms with Crippen molar-refractivity contribution in [1.82, 2.24) is 0 Å². The highest BCUT2D eigenvalue weighted by molar-refractivity contribution is 7.96. The zero-order valence-corrected chi connectivity index (χ0v) is 12.8. The maximum Gasteiger partial charge on any atom is 0.485 e. The summed E-state index contributed by atoms with van der Waals surface area (Å²) < 4.78 is 58.9. The van der Waals surface area contributed by atoms with Gasteiger partial charge in [0.05, 0.1) is 12.5 Å². The standard InChI is InChI=1S/C9H19OS.CHF3O3S/c1-4-5-6-7-9(10)8-11(2)3;2-1(3,4)8(5,6)7/h4-8H2,1-3H3;(H,5,6,7)/q+1;/p-1. The number of alkyl halides is 3. The minimum absolute atomic E-state index is 0.299. The average Bonchev–Trinajstić information content (AvgIpc) is 2.14. The molecule has 0 rings (SSSR count). The van der Waals surface area contributed by atoms with Crippen molar-refractivity contribution in [3.8, 4) is 0 Å². The third-order valence-electron chi connectivity index (χ3n) is 1.79. The zero-order chi connectivity index (χ0) is 15.7. The highest BCUT2D eigenvalue weighted by atomic mass is 32.2. The number of carbonyl (C=O) groups excluding carboxylic acids is 1. The van der Waals surface area contributed by atoms with E-state index in [4.69, 9.17) is 13.0 Å². The van der Waals surface area contributed by atoms with Gasteiger partial charge in [-0.3, -0.25) is 4.79 Å². The molecule has 0 fully saturated rings. The first-order valence-corrected chi connectivity index (χ1v) is 9.11. The summed E-state index contributed by atoms with van der Waals surface area (Å²) in [6.07, 6.45) is 8.55. The molecule has 0 aromatic rings. The number of ketones is 1. The second kappa shape index (κ2) is 9.60. The molecule has 0 amide bonds. The summed E-state index contributed by atoms with van der Waals surface area (Å²) in [5.41, 5.74) is -5.65. The van der Waals surface area contributed by atoms with Crippen LogP contribution in [0, 0.1) is 0 Å². The average molecular weight is 324 g/mol. The van der Waals surface area contributed by atoms with Crippen molar-refractivity contribution in [3.05, 3.63) is 0 Å². The van der Waals surface area contributed by atoms with Crippen LogP contribution in [0.5, 0.6) is 0 Å². The predicted octanol–water partition coefficient (Wildman–Crippen LogP) is 2.07. The van der Waals surface area contributed by atoms with E-state index in [2.05, 4.69) is 19.4 Å². The fourth-order valence-electron chi connectivity index (χ4n) is 0.966. The Hall–Kier alpha value is -0.280. The van der Waals surface area contributed by atoms with Gasteiger partial charge in [0.1, 0.15) is 0 Å². The highest BCUT2D eigenvalue weighted by Crippen LogP contribution is 2.20. The van der Waals surface area contributed by atoms with Crippen molar-refractivity contribution in [1.29, 1.82) is 0 Å². The van der Waals surface area contributed by atoms with Gasteiger partial charge in [0.15, 0.2) is 21.7 Å². The van der Waals surface area contributed by atoms with Crippen molar-refractivity contribution in [2.24, 2.45) is 0 Å². The van der Waals surface area contributed by atoms with E-state index >= 15 is 0 Å². The van der Waals surface area contributed by atoms with Crippen molar-refractivity contribution >= 4 is 26.8 Å². The van der Waals surface area contributed by atoms with Gasteiger partial charge in [-0.05, 0) is 17.3 Å². The van der Waals surface area contributed by atoms with Crippen molar-refractivity contribution in [3.63, 3.8) is 0 Å². The number of halogens is 3. The van der Waals surface area contributed by atoms with E-state index in [1.807, 2.05) is 0 Å². The van der Waals surface area contributed by atoms with Gasteiger partial charge in [-0.25, -0.2) is 8.42 Å². The van der Waals surface area contributed by atoms with Crippen LogP contribution in [0.2, 0.25) is 0 Å². The second-order valence-electron chi connectivity index (χ2n) is 4.03. The summed E-state index contributed by atoms with van der Waals surface area (Å²) in [5.74, 6) is 1.25. The third kappa shape index (κ3) is 13.9. The monoisotopic (exact) mass is 324 g/mol. The molecule has 0 aliphatic rings. The van der Waals surface area contributed by atoms with E-state index < -0.39 is 15.6 Å². The van der Waals surface area contributed by atoms with Gasteiger partial charge in [0.2, 0.25) is 0 Å². The summed E-state index contributed by atoms with van der Waals surface area (Å²) in [6, 6.07) is 0. The molecule has 116 valence electrons. The fraction of sp³-hybridized carbons (Fsp3) is 0.900. The lowest BCUT2D eigenvalue weighted by Crippen LogP contribution is -2.21. The van der Waals surface area contributed by atoms with E-state index in [0.717, 1.165) is 18.6 Å². The fourth-order valence-corrected chi connectivity index (χ4v) is 1.75. The Balaban J connectivity index is 0. The Morgan fingerprint density at radius 1 is 1.21 bits per heavy atom. The van der Waals surface area contributed by atoms with Crippen LogP contribution in [0.1, 0.15) is 32.6 Å². The number of unbranched alkanes of at least 4 members (excludes halogenated alkanes) is 2. The minimum Gasteiger partial charge on any atom is -0.741 e. The summed E-state index contributed by atoms with van der Waals surface area (Å²) in [4.78, 5) is 11.1. The van der Waals surface area contributed by atoms with Crippen molar-refractivity contribution in [2.45, 2.75) is 38.1 Å². The molecule has 0 radical (unpaired) electrons. The van der Waals surface area contributed by atoms with E-state index in [0.29, 0.717) is 16.7 Å². The van der Waals surface area contributed by atoms with Crippen molar-refractivity contribution in [2.75, 3.05) is 18.3 Å². The van der Waals surface area contributed by atoms with Gasteiger partial charge in [0.25, 0.3) is 0 Å². The number of hydrogen-bond acceptors (Lipinski definition) is 4. The number of Topliss-reactive ketones (excluding diaryl/α,β-unsaturated/α-hetero) is 1. The van der Waals surface area contributed by atoms with Gasteiger partial charge in [-0.15, -0.1) is 0 Å². The molecule has 0 spiro atoms. The Labute approximate surface area is 114 Å². The van der Waals surface area contributed by atoms with Crippen LogP contribution in [0.25, 0.3) is 0 Å². The van der Waals surface area contributed by atoms with Crippen LogP contribution < -0.4 is 0 Å². The molecule has 0 aromatic heterocycles. The van der Waals surface area contributed by atoms with Crippen LogP contribution in [0.15, 0.2) is 0 Å². The molecule has 0 N–H and O–H groups in total. The van der Waals surface area contributed by atoms with Gasteiger partial charge in [0, 0.05) is 6.42 Å².